The molecule has 2 aliphatic rings. The first-order chi connectivity index (χ1) is 20.1. The van der Waals surface area contributed by atoms with Crippen molar-refractivity contribution in [2.75, 3.05) is 0 Å². The summed E-state index contributed by atoms with van der Waals surface area (Å²) in [5.74, 6) is 0. The van der Waals surface area contributed by atoms with Gasteiger partial charge in [-0.25, -0.2) is 9.97 Å². The van der Waals surface area contributed by atoms with Crippen molar-refractivity contribution in [3.8, 4) is 11.1 Å². The summed E-state index contributed by atoms with van der Waals surface area (Å²) in [6.07, 6.45) is 5.11. The van der Waals surface area contributed by atoms with Gasteiger partial charge in [-0.1, -0.05) is 30.3 Å². The van der Waals surface area contributed by atoms with Crippen LogP contribution in [0.1, 0.15) is 22.8 Å². The molecule has 2 aliphatic heterocycles. The van der Waals surface area contributed by atoms with Crippen LogP contribution < -0.4 is 0 Å². The Morgan fingerprint density at radius 3 is 1.57 bits per heavy atom. The molecule has 0 saturated carbocycles. The third-order valence-corrected chi connectivity index (χ3v) is 6.57. The van der Waals surface area contributed by atoms with Crippen molar-refractivity contribution in [3.05, 3.63) is 112 Å². The fraction of sp³-hybridized carbons (Fsp3) is 0. The Morgan fingerprint density at radius 1 is 0.548 bits per heavy atom. The van der Waals surface area contributed by atoms with Crippen molar-refractivity contribution in [2.24, 2.45) is 0 Å². The van der Waals surface area contributed by atoms with E-state index < -0.39 is 48.0 Å². The average molecular weight is 566 g/mol. The Morgan fingerprint density at radius 2 is 1.05 bits per heavy atom. The highest BCUT2D eigenvalue weighted by Gasteiger charge is 2.30. The molecule has 5 heterocycles. The number of benzene rings is 1. The zero-order valence-electron chi connectivity index (χ0n) is 20.9. The summed E-state index contributed by atoms with van der Waals surface area (Å²) in [5.41, 5.74) is -3.05. The van der Waals surface area contributed by atoms with Crippen molar-refractivity contribution in [2.45, 2.75) is 0 Å². The number of H-pyrrole nitrogens is 2. The molecule has 1 aromatic carbocycles. The van der Waals surface area contributed by atoms with Gasteiger partial charge in [-0.15, -0.1) is 0 Å². The summed E-state index contributed by atoms with van der Waals surface area (Å²) in [4.78, 5) is 59.5. The maximum absolute atomic E-state index is 12.3. The fourth-order valence-electron chi connectivity index (χ4n) is 4.85. The number of aromatic amines is 2. The summed E-state index contributed by atoms with van der Waals surface area (Å²) in [6, 6.07) is 12.1. The van der Waals surface area contributed by atoms with Gasteiger partial charge in [0.25, 0.3) is 0 Å². The quantitative estimate of drug-likeness (QED) is 0.184. The van der Waals surface area contributed by atoms with Crippen LogP contribution in [0.15, 0.2) is 48.5 Å². The minimum Gasteiger partial charge on any atom is -0.344 e. The lowest BCUT2D eigenvalue weighted by Crippen LogP contribution is -1.96. The van der Waals surface area contributed by atoms with E-state index in [0.717, 1.165) is 18.2 Å². The number of nitro groups is 4. The van der Waals surface area contributed by atoms with Crippen LogP contribution in [-0.2, 0) is 0 Å². The van der Waals surface area contributed by atoms with Gasteiger partial charge in [0, 0.05) is 11.6 Å². The van der Waals surface area contributed by atoms with Gasteiger partial charge in [-0.2, -0.15) is 0 Å². The molecule has 16 nitrogen and oxygen atoms in total. The van der Waals surface area contributed by atoms with Crippen LogP contribution in [0.2, 0.25) is 0 Å². The predicted octanol–water partition coefficient (Wildman–Crippen LogP) is 5.96. The van der Waals surface area contributed by atoms with Gasteiger partial charge in [-0.3, -0.25) is 40.5 Å². The molecule has 42 heavy (non-hydrogen) atoms. The molecule has 0 aliphatic carbocycles. The van der Waals surface area contributed by atoms with E-state index in [1.807, 2.05) is 0 Å². The summed E-state index contributed by atoms with van der Waals surface area (Å²) in [7, 11) is 0. The molecule has 16 heteroatoms. The topological polar surface area (TPSA) is 230 Å². The summed E-state index contributed by atoms with van der Waals surface area (Å²) in [6.45, 7) is 0. The Kier molecular flexibility index (Phi) is 5.85. The van der Waals surface area contributed by atoms with E-state index in [-0.39, 0.29) is 44.9 Å². The number of rotatable bonds is 5. The van der Waals surface area contributed by atoms with E-state index in [4.69, 9.17) is 0 Å². The first-order valence-electron chi connectivity index (χ1n) is 12.0. The highest BCUT2D eigenvalue weighted by Crippen LogP contribution is 2.39. The van der Waals surface area contributed by atoms with Gasteiger partial charge in [0.15, 0.2) is 5.52 Å². The highest BCUT2D eigenvalue weighted by atomic mass is 16.6. The van der Waals surface area contributed by atoms with E-state index >= 15 is 0 Å². The van der Waals surface area contributed by atoms with Crippen LogP contribution in [0.25, 0.3) is 57.5 Å². The monoisotopic (exact) mass is 566 g/mol. The smallest absolute Gasteiger partial charge is 0.325 e. The summed E-state index contributed by atoms with van der Waals surface area (Å²) < 4.78 is 0. The molecule has 0 spiro atoms. The SMILES string of the molecule is O=[N+]([O-])c1c2nc(c(-c3ccccc3)c3cc([N+](=O)[O-])c([nH]3)c([N+](=O)[O-])c3nc(c([N+](=O)[O-])c4ccc1[nH]4)C=C3)C=C2. The van der Waals surface area contributed by atoms with Crippen molar-refractivity contribution in [1.29, 1.82) is 0 Å². The van der Waals surface area contributed by atoms with E-state index in [0.29, 0.717) is 5.56 Å². The molecule has 6 rings (SSSR count). The van der Waals surface area contributed by atoms with Crippen LogP contribution in [0, 0.1) is 40.5 Å². The number of fused-ring (bicyclic) bond motifs is 8. The Hall–Kier alpha value is -6.58. The first kappa shape index (κ1) is 25.7. The molecule has 4 aromatic rings. The minimum absolute atomic E-state index is 0.0631. The second-order valence-corrected chi connectivity index (χ2v) is 8.98. The molecule has 0 atom stereocenters. The second kappa shape index (κ2) is 9.56. The number of nitrogens with one attached hydrogen (secondary N) is 2. The first-order valence-corrected chi connectivity index (χ1v) is 12.0. The maximum Gasteiger partial charge on any atom is 0.325 e. The Labute approximate surface area is 231 Å². The van der Waals surface area contributed by atoms with Crippen molar-refractivity contribution in [1.82, 2.24) is 19.9 Å². The largest absolute Gasteiger partial charge is 0.344 e. The van der Waals surface area contributed by atoms with Crippen LogP contribution in [0.3, 0.4) is 0 Å². The van der Waals surface area contributed by atoms with Crippen LogP contribution in [0.5, 0.6) is 0 Å². The summed E-state index contributed by atoms with van der Waals surface area (Å²) in [5, 5.41) is 48.7. The molecule has 206 valence electrons. The van der Waals surface area contributed by atoms with Crippen LogP contribution >= 0.6 is 0 Å². The van der Waals surface area contributed by atoms with Crippen molar-refractivity contribution in [3.63, 3.8) is 0 Å². The number of hydrogen-bond donors (Lipinski definition) is 2. The molecule has 8 bridgehead atoms. The van der Waals surface area contributed by atoms with E-state index in [2.05, 4.69) is 19.9 Å². The number of hydrogen-bond acceptors (Lipinski definition) is 10. The summed E-state index contributed by atoms with van der Waals surface area (Å²) >= 11 is 0. The number of nitrogens with zero attached hydrogens (tertiary/aromatic N) is 6. The predicted molar refractivity (Wildman–Crippen MR) is 151 cm³/mol. The standard InChI is InChI=1S/C26H14N8O8/c35-31(36)21-12-20-22(13-4-2-1-3-5-13)14-6-7-15(27-14)24(32(37)38)16-8-9-17(28-16)25(33(39)40)18-10-11-19(29-18)26(34(41)42)23(21)30-20/h1-12,28,30H. The van der Waals surface area contributed by atoms with E-state index in [1.54, 1.807) is 30.3 Å². The van der Waals surface area contributed by atoms with Gasteiger partial charge in [0.05, 0.1) is 30.9 Å². The van der Waals surface area contributed by atoms with Gasteiger partial charge >= 0.3 is 22.7 Å². The number of aromatic nitrogens is 4. The van der Waals surface area contributed by atoms with Gasteiger partial charge < -0.3 is 9.97 Å². The highest BCUT2D eigenvalue weighted by molar-refractivity contribution is 5.97. The third kappa shape index (κ3) is 4.11. The second-order valence-electron chi connectivity index (χ2n) is 8.98. The van der Waals surface area contributed by atoms with Crippen LogP contribution in [-0.4, -0.2) is 39.6 Å². The lowest BCUT2D eigenvalue weighted by atomic mass is 10.0. The Balaban J connectivity index is 1.92. The van der Waals surface area contributed by atoms with E-state index in [9.17, 15) is 40.5 Å². The molecular formula is C26H14N8O8. The molecule has 0 saturated heterocycles. The molecule has 0 amide bonds. The molecule has 0 unspecified atom stereocenters. The zero-order valence-corrected chi connectivity index (χ0v) is 20.9. The maximum atomic E-state index is 12.3. The molecule has 2 N–H and O–H groups in total. The molecular weight excluding hydrogens is 552 g/mol. The van der Waals surface area contributed by atoms with Crippen LogP contribution in [0.4, 0.5) is 22.7 Å². The lowest BCUT2D eigenvalue weighted by Gasteiger charge is -2.03. The van der Waals surface area contributed by atoms with Crippen molar-refractivity contribution >= 4 is 69.1 Å². The van der Waals surface area contributed by atoms with Crippen molar-refractivity contribution < 1.29 is 19.7 Å². The molecule has 0 fully saturated rings. The minimum atomic E-state index is -0.865. The van der Waals surface area contributed by atoms with Gasteiger partial charge in [-0.05, 0) is 42.0 Å². The average Bonchev–Trinajstić information content (AvgIpc) is 3.74. The van der Waals surface area contributed by atoms with Gasteiger partial charge in [0.2, 0.25) is 0 Å². The fourth-order valence-corrected chi connectivity index (χ4v) is 4.85. The lowest BCUT2D eigenvalue weighted by molar-refractivity contribution is -0.390. The molecule has 3 aromatic heterocycles. The Bertz CT molecular complexity index is 2110. The van der Waals surface area contributed by atoms with Gasteiger partial charge in [0.1, 0.15) is 28.1 Å². The normalized spacial score (nSPS) is 11.9. The van der Waals surface area contributed by atoms with E-state index in [1.165, 1.54) is 24.3 Å². The third-order valence-electron chi connectivity index (χ3n) is 6.57. The molecule has 0 radical (unpaired) electrons. The zero-order chi connectivity index (χ0) is 29.7.